The molecular weight excluding hydrogens is 246 g/mol. The monoisotopic (exact) mass is 261 g/mol. The number of aliphatic hydroxyl groups excluding tert-OH is 1. The molecule has 1 heterocycles. The molecule has 0 spiro atoms. The molecule has 0 aliphatic rings. The van der Waals surface area contributed by atoms with E-state index in [1.807, 2.05) is 19.2 Å². The molecule has 0 saturated heterocycles. The lowest BCUT2D eigenvalue weighted by Crippen LogP contribution is -2.31. The number of rotatable bonds is 5. The number of halogens is 1. The van der Waals surface area contributed by atoms with Crippen LogP contribution in [0.3, 0.4) is 0 Å². The number of carbonyl (C=O) groups excluding carboxylic acids is 1. The second kappa shape index (κ2) is 6.23. The van der Waals surface area contributed by atoms with Crippen molar-refractivity contribution in [1.29, 1.82) is 0 Å². The average molecular weight is 262 g/mol. The molecule has 5 heteroatoms. The third kappa shape index (κ3) is 3.47. The zero-order valence-electron chi connectivity index (χ0n) is 9.42. The van der Waals surface area contributed by atoms with Crippen LogP contribution in [0.15, 0.2) is 5.38 Å². The third-order valence-electron chi connectivity index (χ3n) is 2.23. The van der Waals surface area contributed by atoms with Crippen molar-refractivity contribution < 1.29 is 9.90 Å². The second-order valence-corrected chi connectivity index (χ2v) is 4.97. The van der Waals surface area contributed by atoms with Crippen molar-refractivity contribution in [3.8, 4) is 0 Å². The van der Waals surface area contributed by atoms with Gasteiger partial charge in [0.05, 0.1) is 11.1 Å². The summed E-state index contributed by atoms with van der Waals surface area (Å²) in [5.41, 5.74) is 0.908. The van der Waals surface area contributed by atoms with Gasteiger partial charge in [0.15, 0.2) is 0 Å². The van der Waals surface area contributed by atoms with E-state index in [0.717, 1.165) is 12.0 Å². The molecule has 0 radical (unpaired) electrons. The van der Waals surface area contributed by atoms with Gasteiger partial charge in [-0.25, -0.2) is 0 Å². The molecule has 1 aromatic rings. The summed E-state index contributed by atoms with van der Waals surface area (Å²) in [6, 6.07) is 0. The standard InChI is InChI=1S/C11H16ClNO2S/c1-3-4-8(14)5-13-11(15)10-9(12)7(2)6-16-10/h6,8,14H,3-5H2,1-2H3,(H,13,15). The maximum Gasteiger partial charge on any atom is 0.262 e. The Balaban J connectivity index is 2.50. The van der Waals surface area contributed by atoms with Crippen molar-refractivity contribution in [2.24, 2.45) is 0 Å². The summed E-state index contributed by atoms with van der Waals surface area (Å²) in [5, 5.41) is 14.5. The van der Waals surface area contributed by atoms with Crippen molar-refractivity contribution in [2.45, 2.75) is 32.8 Å². The van der Waals surface area contributed by atoms with E-state index in [4.69, 9.17) is 11.6 Å². The van der Waals surface area contributed by atoms with Gasteiger partial charge in [0, 0.05) is 6.54 Å². The Bertz CT molecular complexity index is 365. The first kappa shape index (κ1) is 13.5. The number of aryl methyl sites for hydroxylation is 1. The molecule has 1 atom stereocenters. The van der Waals surface area contributed by atoms with Gasteiger partial charge in [-0.1, -0.05) is 24.9 Å². The molecule has 0 aromatic carbocycles. The summed E-state index contributed by atoms with van der Waals surface area (Å²) in [6.45, 7) is 4.13. The molecule has 3 nitrogen and oxygen atoms in total. The molecule has 1 rings (SSSR count). The van der Waals surface area contributed by atoms with Crippen LogP contribution in [0.4, 0.5) is 0 Å². The molecule has 1 unspecified atom stereocenters. The van der Waals surface area contributed by atoms with Gasteiger partial charge in [-0.2, -0.15) is 0 Å². The van der Waals surface area contributed by atoms with Crippen LogP contribution in [0.5, 0.6) is 0 Å². The highest BCUT2D eigenvalue weighted by Crippen LogP contribution is 2.26. The Morgan fingerprint density at radius 1 is 1.69 bits per heavy atom. The van der Waals surface area contributed by atoms with E-state index in [1.165, 1.54) is 11.3 Å². The lowest BCUT2D eigenvalue weighted by atomic mass is 10.2. The summed E-state index contributed by atoms with van der Waals surface area (Å²) in [6.07, 6.45) is 1.11. The minimum atomic E-state index is -0.478. The first-order valence-electron chi connectivity index (χ1n) is 5.26. The van der Waals surface area contributed by atoms with Gasteiger partial charge >= 0.3 is 0 Å². The van der Waals surface area contributed by atoms with E-state index in [2.05, 4.69) is 5.32 Å². The normalized spacial score (nSPS) is 12.5. The summed E-state index contributed by atoms with van der Waals surface area (Å²) >= 11 is 7.29. The highest BCUT2D eigenvalue weighted by atomic mass is 35.5. The molecule has 90 valence electrons. The van der Waals surface area contributed by atoms with Gasteiger partial charge in [-0.05, 0) is 24.3 Å². The smallest absolute Gasteiger partial charge is 0.262 e. The number of hydrogen-bond donors (Lipinski definition) is 2. The summed E-state index contributed by atoms with van der Waals surface area (Å²) in [4.78, 5) is 12.2. The van der Waals surface area contributed by atoms with E-state index in [-0.39, 0.29) is 12.5 Å². The van der Waals surface area contributed by atoms with Crippen LogP contribution in [0.25, 0.3) is 0 Å². The third-order valence-corrected chi connectivity index (χ3v) is 3.92. The van der Waals surface area contributed by atoms with Crippen LogP contribution in [-0.2, 0) is 0 Å². The van der Waals surface area contributed by atoms with E-state index >= 15 is 0 Å². The van der Waals surface area contributed by atoms with Crippen LogP contribution in [-0.4, -0.2) is 23.7 Å². The van der Waals surface area contributed by atoms with Crippen LogP contribution < -0.4 is 5.32 Å². The first-order valence-corrected chi connectivity index (χ1v) is 6.51. The largest absolute Gasteiger partial charge is 0.391 e. The Morgan fingerprint density at radius 3 is 2.88 bits per heavy atom. The Morgan fingerprint density at radius 2 is 2.38 bits per heavy atom. The SMILES string of the molecule is CCCC(O)CNC(=O)c1scc(C)c1Cl. The number of carbonyl (C=O) groups is 1. The summed E-state index contributed by atoms with van der Waals surface area (Å²) < 4.78 is 0. The molecule has 0 saturated carbocycles. The molecular formula is C11H16ClNO2S. The van der Waals surface area contributed by atoms with Crippen LogP contribution in [0, 0.1) is 6.92 Å². The molecule has 16 heavy (non-hydrogen) atoms. The predicted molar refractivity (Wildman–Crippen MR) is 67.3 cm³/mol. The van der Waals surface area contributed by atoms with Crippen LogP contribution in [0.1, 0.15) is 35.0 Å². The van der Waals surface area contributed by atoms with Crippen molar-refractivity contribution in [2.75, 3.05) is 6.54 Å². The van der Waals surface area contributed by atoms with Crippen molar-refractivity contribution in [1.82, 2.24) is 5.32 Å². The van der Waals surface area contributed by atoms with Gasteiger partial charge in [-0.3, -0.25) is 4.79 Å². The summed E-state index contributed by atoms with van der Waals surface area (Å²) in [5.74, 6) is -0.210. The highest BCUT2D eigenvalue weighted by molar-refractivity contribution is 7.13. The minimum absolute atomic E-state index is 0.210. The molecule has 0 aliphatic carbocycles. The number of hydrogen-bond acceptors (Lipinski definition) is 3. The Labute approximate surface area is 104 Å². The van der Waals surface area contributed by atoms with Gasteiger partial charge < -0.3 is 10.4 Å². The predicted octanol–water partition coefficient (Wildman–Crippen LogP) is 2.60. The number of thiophene rings is 1. The van der Waals surface area contributed by atoms with Gasteiger partial charge in [0.2, 0.25) is 0 Å². The van der Waals surface area contributed by atoms with Crippen LogP contribution >= 0.6 is 22.9 Å². The Hall–Kier alpha value is -0.580. The fourth-order valence-corrected chi connectivity index (χ4v) is 2.50. The fraction of sp³-hybridized carbons (Fsp3) is 0.545. The molecule has 0 aliphatic heterocycles. The molecule has 1 aromatic heterocycles. The van der Waals surface area contributed by atoms with Crippen LogP contribution in [0.2, 0.25) is 5.02 Å². The second-order valence-electron chi connectivity index (χ2n) is 3.71. The zero-order chi connectivity index (χ0) is 12.1. The average Bonchev–Trinajstić information content (AvgIpc) is 2.57. The maximum atomic E-state index is 11.7. The van der Waals surface area contributed by atoms with Crippen molar-refractivity contribution >= 4 is 28.8 Å². The van der Waals surface area contributed by atoms with E-state index < -0.39 is 6.10 Å². The quantitative estimate of drug-likeness (QED) is 0.856. The zero-order valence-corrected chi connectivity index (χ0v) is 11.0. The lowest BCUT2D eigenvalue weighted by molar-refractivity contribution is 0.0914. The fourth-order valence-electron chi connectivity index (χ4n) is 1.31. The molecule has 1 amide bonds. The number of nitrogens with one attached hydrogen (secondary N) is 1. The maximum absolute atomic E-state index is 11.7. The van der Waals surface area contributed by atoms with E-state index in [0.29, 0.717) is 16.3 Å². The number of amides is 1. The molecule has 2 N–H and O–H groups in total. The van der Waals surface area contributed by atoms with Gasteiger partial charge in [-0.15, -0.1) is 11.3 Å². The lowest BCUT2D eigenvalue weighted by Gasteiger charge is -2.10. The van der Waals surface area contributed by atoms with E-state index in [1.54, 1.807) is 0 Å². The van der Waals surface area contributed by atoms with Gasteiger partial charge in [0.25, 0.3) is 5.91 Å². The van der Waals surface area contributed by atoms with E-state index in [9.17, 15) is 9.90 Å². The molecule has 0 bridgehead atoms. The minimum Gasteiger partial charge on any atom is -0.391 e. The van der Waals surface area contributed by atoms with Gasteiger partial charge in [0.1, 0.15) is 4.88 Å². The topological polar surface area (TPSA) is 49.3 Å². The van der Waals surface area contributed by atoms with Crippen molar-refractivity contribution in [3.63, 3.8) is 0 Å². The Kier molecular flexibility index (Phi) is 5.25. The number of aliphatic hydroxyl groups is 1. The first-order chi connectivity index (χ1) is 7.56. The van der Waals surface area contributed by atoms with Crippen molar-refractivity contribution in [3.05, 3.63) is 20.8 Å². The summed E-state index contributed by atoms with van der Waals surface area (Å²) in [7, 11) is 0. The molecule has 0 fully saturated rings. The highest BCUT2D eigenvalue weighted by Gasteiger charge is 2.15.